The van der Waals surface area contributed by atoms with Crippen LogP contribution in [0.25, 0.3) is 0 Å². The predicted molar refractivity (Wildman–Crippen MR) is 80.1 cm³/mol. The Hall–Kier alpha value is -1.46. The second-order valence-electron chi connectivity index (χ2n) is 4.92. The number of para-hydroxylation sites is 1. The van der Waals surface area contributed by atoms with Crippen LogP contribution in [0.1, 0.15) is 48.0 Å². The molecule has 20 heavy (non-hydrogen) atoms. The molecule has 106 valence electrons. The fourth-order valence-electron chi connectivity index (χ4n) is 2.49. The summed E-state index contributed by atoms with van der Waals surface area (Å²) >= 11 is 1.66. The maximum Gasteiger partial charge on any atom is 0.158 e. The second-order valence-corrected chi connectivity index (χ2v) is 5.96. The van der Waals surface area contributed by atoms with Crippen molar-refractivity contribution < 1.29 is 4.74 Å². The third kappa shape index (κ3) is 2.55. The van der Waals surface area contributed by atoms with E-state index in [4.69, 9.17) is 4.74 Å². The second kappa shape index (κ2) is 5.89. The summed E-state index contributed by atoms with van der Waals surface area (Å²) in [5.74, 6) is 0.980. The number of hydrogen-bond acceptors (Lipinski definition) is 5. The van der Waals surface area contributed by atoms with Crippen LogP contribution in [0.2, 0.25) is 0 Å². The van der Waals surface area contributed by atoms with Gasteiger partial charge in [0.25, 0.3) is 0 Å². The van der Waals surface area contributed by atoms with Gasteiger partial charge in [0, 0.05) is 6.42 Å². The molecule has 2 aromatic rings. The van der Waals surface area contributed by atoms with Crippen molar-refractivity contribution in [1.82, 2.24) is 15.5 Å². The van der Waals surface area contributed by atoms with Gasteiger partial charge in [-0.2, -0.15) is 0 Å². The van der Waals surface area contributed by atoms with Crippen molar-refractivity contribution in [3.63, 3.8) is 0 Å². The molecular formula is C15H19N3OS. The fraction of sp³-hybridized carbons (Fsp3) is 0.467. The Labute approximate surface area is 123 Å². The van der Waals surface area contributed by atoms with Gasteiger partial charge in [-0.15, -0.1) is 10.2 Å². The van der Waals surface area contributed by atoms with Gasteiger partial charge in [-0.05, 0) is 24.6 Å². The summed E-state index contributed by atoms with van der Waals surface area (Å²) in [5.41, 5.74) is 1.26. The average molecular weight is 289 g/mol. The van der Waals surface area contributed by atoms with Crippen LogP contribution in [0.5, 0.6) is 5.75 Å². The van der Waals surface area contributed by atoms with Crippen LogP contribution in [0.4, 0.5) is 0 Å². The minimum Gasteiger partial charge on any atom is -0.483 e. The van der Waals surface area contributed by atoms with Crippen LogP contribution in [-0.4, -0.2) is 16.7 Å². The van der Waals surface area contributed by atoms with E-state index in [1.807, 2.05) is 18.2 Å². The molecule has 0 radical (unpaired) electrons. The molecule has 1 aromatic heterocycles. The minimum absolute atomic E-state index is 0.0257. The van der Waals surface area contributed by atoms with E-state index in [-0.39, 0.29) is 6.10 Å². The van der Waals surface area contributed by atoms with E-state index in [1.54, 1.807) is 11.3 Å². The summed E-state index contributed by atoms with van der Waals surface area (Å²) in [4.78, 5) is 0. The lowest BCUT2D eigenvalue weighted by Crippen LogP contribution is -2.19. The molecule has 0 saturated carbocycles. The van der Waals surface area contributed by atoms with E-state index in [9.17, 15) is 0 Å². The molecule has 1 aromatic carbocycles. The zero-order valence-electron chi connectivity index (χ0n) is 11.8. The lowest BCUT2D eigenvalue weighted by molar-refractivity contribution is 0.237. The van der Waals surface area contributed by atoms with E-state index in [2.05, 4.69) is 35.4 Å². The molecule has 0 saturated heterocycles. The molecule has 5 heteroatoms. The molecule has 0 amide bonds. The number of benzene rings is 1. The molecule has 2 atom stereocenters. The van der Waals surface area contributed by atoms with Crippen molar-refractivity contribution in [2.75, 3.05) is 6.54 Å². The Balaban J connectivity index is 1.75. The van der Waals surface area contributed by atoms with Crippen LogP contribution >= 0.6 is 11.3 Å². The maximum absolute atomic E-state index is 5.97. The topological polar surface area (TPSA) is 47.0 Å². The highest BCUT2D eigenvalue weighted by atomic mass is 32.1. The smallest absolute Gasteiger partial charge is 0.158 e. The maximum atomic E-state index is 5.97. The Morgan fingerprint density at radius 2 is 2.20 bits per heavy atom. The molecule has 0 spiro atoms. The van der Waals surface area contributed by atoms with Gasteiger partial charge < -0.3 is 10.1 Å². The predicted octanol–water partition coefficient (Wildman–Crippen LogP) is 3.27. The van der Waals surface area contributed by atoms with Gasteiger partial charge in [0.1, 0.15) is 10.8 Å². The Morgan fingerprint density at radius 1 is 1.35 bits per heavy atom. The zero-order valence-corrected chi connectivity index (χ0v) is 12.6. The first-order chi connectivity index (χ1) is 9.81. The van der Waals surface area contributed by atoms with Gasteiger partial charge in [-0.25, -0.2) is 0 Å². The first kappa shape index (κ1) is 13.5. The van der Waals surface area contributed by atoms with Gasteiger partial charge in [0.2, 0.25) is 0 Å². The molecule has 4 nitrogen and oxygen atoms in total. The van der Waals surface area contributed by atoms with Crippen LogP contribution in [0, 0.1) is 0 Å². The minimum atomic E-state index is 0.0257. The lowest BCUT2D eigenvalue weighted by Gasteiger charge is -2.11. The van der Waals surface area contributed by atoms with E-state index in [1.165, 1.54) is 5.56 Å². The van der Waals surface area contributed by atoms with Crippen LogP contribution in [-0.2, 0) is 6.42 Å². The first-order valence-corrected chi connectivity index (χ1v) is 7.94. The van der Waals surface area contributed by atoms with Crippen molar-refractivity contribution in [2.24, 2.45) is 0 Å². The summed E-state index contributed by atoms with van der Waals surface area (Å²) in [5, 5.41) is 14.2. The Kier molecular flexibility index (Phi) is 3.98. The SMILES string of the molecule is CCNC(CC)c1nnc(C2Cc3ccccc3O2)s1. The monoisotopic (exact) mass is 289 g/mol. The molecular weight excluding hydrogens is 270 g/mol. The molecule has 0 bridgehead atoms. The number of hydrogen-bond donors (Lipinski definition) is 1. The van der Waals surface area contributed by atoms with Crippen LogP contribution in [0.15, 0.2) is 24.3 Å². The van der Waals surface area contributed by atoms with Gasteiger partial charge in [-0.1, -0.05) is 43.4 Å². The Bertz CT molecular complexity index is 559. The van der Waals surface area contributed by atoms with Crippen molar-refractivity contribution >= 4 is 11.3 Å². The molecule has 2 unspecified atom stereocenters. The number of ether oxygens (including phenoxy) is 1. The van der Waals surface area contributed by atoms with Crippen molar-refractivity contribution in [1.29, 1.82) is 0 Å². The van der Waals surface area contributed by atoms with Crippen molar-refractivity contribution in [2.45, 2.75) is 38.8 Å². The normalized spacial score (nSPS) is 18.6. The van der Waals surface area contributed by atoms with Gasteiger partial charge in [0.15, 0.2) is 11.1 Å². The lowest BCUT2D eigenvalue weighted by atomic mass is 10.1. The van der Waals surface area contributed by atoms with E-state index >= 15 is 0 Å². The molecule has 1 aliphatic heterocycles. The summed E-state index contributed by atoms with van der Waals surface area (Å²) in [6, 6.07) is 8.49. The van der Waals surface area contributed by atoms with Crippen LogP contribution in [0.3, 0.4) is 0 Å². The fourth-order valence-corrected chi connectivity index (χ4v) is 3.52. The highest BCUT2D eigenvalue weighted by Crippen LogP contribution is 2.37. The molecule has 3 rings (SSSR count). The molecule has 1 aliphatic rings. The van der Waals surface area contributed by atoms with Gasteiger partial charge in [0.05, 0.1) is 6.04 Å². The average Bonchev–Trinajstić information content (AvgIpc) is 3.10. The van der Waals surface area contributed by atoms with Crippen LogP contribution < -0.4 is 10.1 Å². The standard InChI is InChI=1S/C15H19N3OS/c1-3-11(16-4-2)14-17-18-15(20-14)13-9-10-7-5-6-8-12(10)19-13/h5-8,11,13,16H,3-4,9H2,1-2H3. The highest BCUT2D eigenvalue weighted by Gasteiger charge is 2.28. The van der Waals surface area contributed by atoms with Gasteiger partial charge >= 0.3 is 0 Å². The van der Waals surface area contributed by atoms with Crippen molar-refractivity contribution in [3.8, 4) is 5.75 Å². The van der Waals surface area contributed by atoms with Crippen molar-refractivity contribution in [3.05, 3.63) is 39.8 Å². The molecule has 1 N–H and O–H groups in total. The number of fused-ring (bicyclic) bond motifs is 1. The zero-order chi connectivity index (χ0) is 13.9. The number of rotatable bonds is 5. The molecule has 2 heterocycles. The van der Waals surface area contributed by atoms with E-state index < -0.39 is 0 Å². The summed E-state index contributed by atoms with van der Waals surface area (Å²) in [6.07, 6.45) is 1.94. The summed E-state index contributed by atoms with van der Waals surface area (Å²) in [6.45, 7) is 5.22. The molecule has 0 aliphatic carbocycles. The summed E-state index contributed by atoms with van der Waals surface area (Å²) < 4.78 is 5.97. The van der Waals surface area contributed by atoms with E-state index in [0.717, 1.165) is 35.2 Å². The first-order valence-electron chi connectivity index (χ1n) is 7.13. The summed E-state index contributed by atoms with van der Waals surface area (Å²) in [7, 11) is 0. The third-order valence-corrected chi connectivity index (χ3v) is 4.66. The molecule has 0 fully saturated rings. The van der Waals surface area contributed by atoms with E-state index in [0.29, 0.717) is 6.04 Å². The third-order valence-electron chi connectivity index (χ3n) is 3.54. The number of aromatic nitrogens is 2. The Morgan fingerprint density at radius 3 is 2.95 bits per heavy atom. The number of nitrogens with zero attached hydrogens (tertiary/aromatic N) is 2. The number of nitrogens with one attached hydrogen (secondary N) is 1. The quantitative estimate of drug-likeness (QED) is 0.917. The highest BCUT2D eigenvalue weighted by molar-refractivity contribution is 7.11. The largest absolute Gasteiger partial charge is 0.483 e. The van der Waals surface area contributed by atoms with Gasteiger partial charge in [-0.3, -0.25) is 0 Å².